The van der Waals surface area contributed by atoms with Crippen LogP contribution in [0.25, 0.3) is 44.2 Å². The summed E-state index contributed by atoms with van der Waals surface area (Å²) in [5.41, 5.74) is 6.07. The normalized spacial score (nSPS) is 19.9. The first kappa shape index (κ1) is 36.2. The molecule has 0 saturated carbocycles. The second kappa shape index (κ2) is 14.5. The third-order valence-electron chi connectivity index (χ3n) is 10.9. The molecule has 2 fully saturated rings. The monoisotopic (exact) mass is 757 g/mol. The van der Waals surface area contributed by atoms with Gasteiger partial charge in [0.2, 0.25) is 5.91 Å². The predicted octanol–water partition coefficient (Wildman–Crippen LogP) is 6.99. The van der Waals surface area contributed by atoms with E-state index in [1.807, 2.05) is 24.3 Å². The van der Waals surface area contributed by atoms with E-state index in [9.17, 15) is 28.3 Å². The summed E-state index contributed by atoms with van der Waals surface area (Å²) in [6.07, 6.45) is 1.90. The summed E-state index contributed by atoms with van der Waals surface area (Å²) in [5, 5.41) is 14.0. The number of carboxylic acid groups (broad SMARTS) is 1. The fourth-order valence-electron chi connectivity index (χ4n) is 8.20. The van der Waals surface area contributed by atoms with Crippen molar-refractivity contribution in [2.24, 2.45) is 11.8 Å². The van der Waals surface area contributed by atoms with Gasteiger partial charge in [0.05, 0.1) is 48.7 Å². The zero-order valence-corrected chi connectivity index (χ0v) is 30.5. The summed E-state index contributed by atoms with van der Waals surface area (Å²) in [7, 11) is 1.22. The number of benzene rings is 3. The Morgan fingerprint density at radius 2 is 1.89 bits per heavy atom. The van der Waals surface area contributed by atoms with Crippen molar-refractivity contribution in [3.63, 3.8) is 0 Å². The summed E-state index contributed by atoms with van der Waals surface area (Å²) in [5.74, 6) is 0.794. The highest BCUT2D eigenvalue weighted by Gasteiger charge is 2.42. The molecular weight excluding hydrogens is 716 g/mol. The number of alkyl halides is 2. The van der Waals surface area contributed by atoms with Crippen molar-refractivity contribution >= 4 is 39.9 Å². The fourth-order valence-corrected chi connectivity index (χ4v) is 8.20. The highest BCUT2D eigenvalue weighted by atomic mass is 19.3. The minimum atomic E-state index is -2.94. The summed E-state index contributed by atoms with van der Waals surface area (Å²) >= 11 is 0. The molecule has 3 amide bonds. The lowest BCUT2D eigenvalue weighted by Crippen LogP contribution is -2.51. The van der Waals surface area contributed by atoms with Crippen LogP contribution in [0.2, 0.25) is 0 Å². The number of carbonyl (C=O) groups is 3. The SMILES string of the molecule is COC(=O)NC(C(=O)N1C[C@@H](COC(F)F)C[C@H]1c1nc2c(ccc3cc4c(cc32)OCc2cc(-c3cnc(C5CCCN5C(=O)O)[nH]3)ccc2-4)[nH]1)C(C)C. The van der Waals surface area contributed by atoms with Gasteiger partial charge in [-0.1, -0.05) is 32.0 Å². The number of likely N-dealkylation sites (tertiary alicyclic amines) is 2. The molecule has 2 unspecified atom stereocenters. The average Bonchev–Trinajstić information content (AvgIpc) is 4.00. The smallest absolute Gasteiger partial charge is 0.407 e. The molecule has 0 spiro atoms. The van der Waals surface area contributed by atoms with Crippen molar-refractivity contribution in [1.82, 2.24) is 35.1 Å². The number of nitrogens with zero attached hydrogens (tertiary/aromatic N) is 4. The quantitative estimate of drug-likeness (QED) is 0.124. The molecule has 5 heterocycles. The van der Waals surface area contributed by atoms with E-state index in [2.05, 4.69) is 43.2 Å². The third kappa shape index (κ3) is 6.79. The van der Waals surface area contributed by atoms with Crippen LogP contribution >= 0.6 is 0 Å². The van der Waals surface area contributed by atoms with Crippen molar-refractivity contribution in [1.29, 1.82) is 0 Å². The molecule has 2 aromatic heterocycles. The molecule has 3 aliphatic rings. The number of halogens is 2. The number of hydrogen-bond donors (Lipinski definition) is 4. The number of H-pyrrole nitrogens is 2. The Hall–Kier alpha value is -5.77. The number of rotatable bonds is 9. The van der Waals surface area contributed by atoms with Crippen LogP contribution < -0.4 is 10.1 Å². The Labute approximate surface area is 314 Å². The first-order valence-electron chi connectivity index (χ1n) is 18.3. The highest BCUT2D eigenvalue weighted by molar-refractivity contribution is 6.07. The van der Waals surface area contributed by atoms with Gasteiger partial charge in [-0.3, -0.25) is 9.69 Å². The number of ether oxygens (including phenoxy) is 3. The predicted molar refractivity (Wildman–Crippen MR) is 196 cm³/mol. The van der Waals surface area contributed by atoms with Gasteiger partial charge in [0.1, 0.15) is 30.0 Å². The molecule has 8 rings (SSSR count). The van der Waals surface area contributed by atoms with Gasteiger partial charge in [-0.15, -0.1) is 0 Å². The third-order valence-corrected chi connectivity index (χ3v) is 10.9. The Balaban J connectivity index is 1.09. The molecule has 16 heteroatoms. The molecule has 55 heavy (non-hydrogen) atoms. The first-order valence-corrected chi connectivity index (χ1v) is 18.3. The molecular formula is C39H41F2N7O7. The van der Waals surface area contributed by atoms with Gasteiger partial charge < -0.3 is 39.5 Å². The Kier molecular flexibility index (Phi) is 9.53. The fraction of sp³-hybridized carbons (Fsp3) is 0.410. The molecule has 0 bridgehead atoms. The topological polar surface area (TPSA) is 175 Å². The Morgan fingerprint density at radius 3 is 2.65 bits per heavy atom. The maximum atomic E-state index is 14.0. The van der Waals surface area contributed by atoms with Crippen LogP contribution in [0.1, 0.15) is 62.4 Å². The van der Waals surface area contributed by atoms with Crippen molar-refractivity contribution in [3.05, 3.63) is 65.9 Å². The van der Waals surface area contributed by atoms with Gasteiger partial charge in [0, 0.05) is 30.0 Å². The number of aromatic nitrogens is 4. The van der Waals surface area contributed by atoms with Crippen molar-refractivity contribution in [2.45, 2.75) is 64.5 Å². The van der Waals surface area contributed by atoms with Crippen LogP contribution in [-0.4, -0.2) is 92.4 Å². The maximum absolute atomic E-state index is 14.0. The maximum Gasteiger partial charge on any atom is 0.407 e. The lowest BCUT2D eigenvalue weighted by atomic mass is 9.92. The highest BCUT2D eigenvalue weighted by Crippen LogP contribution is 2.44. The summed E-state index contributed by atoms with van der Waals surface area (Å²) in [6, 6.07) is 12.3. The number of hydrogen-bond acceptors (Lipinski definition) is 8. The van der Waals surface area contributed by atoms with E-state index in [0.717, 1.165) is 57.1 Å². The number of fused-ring (bicyclic) bond motifs is 6. The van der Waals surface area contributed by atoms with Gasteiger partial charge >= 0.3 is 18.8 Å². The summed E-state index contributed by atoms with van der Waals surface area (Å²) < 4.78 is 41.8. The number of alkyl carbamates (subject to hydrolysis) is 1. The first-order chi connectivity index (χ1) is 26.5. The number of methoxy groups -OCH3 is 1. The molecule has 0 aliphatic carbocycles. The van der Waals surface area contributed by atoms with Crippen molar-refractivity contribution in [3.8, 4) is 28.1 Å². The van der Waals surface area contributed by atoms with Gasteiger partial charge in [0.25, 0.3) is 0 Å². The molecule has 5 aromatic rings. The van der Waals surface area contributed by atoms with Crippen LogP contribution in [0, 0.1) is 11.8 Å². The van der Waals surface area contributed by atoms with Crippen molar-refractivity contribution in [2.75, 3.05) is 26.8 Å². The number of amides is 3. The van der Waals surface area contributed by atoms with E-state index in [1.165, 1.54) is 12.0 Å². The van der Waals surface area contributed by atoms with Crippen LogP contribution in [0.5, 0.6) is 5.75 Å². The van der Waals surface area contributed by atoms with Gasteiger partial charge in [-0.2, -0.15) is 8.78 Å². The van der Waals surface area contributed by atoms with Crippen molar-refractivity contribution < 1.29 is 42.5 Å². The molecule has 3 aromatic carbocycles. The van der Waals surface area contributed by atoms with Gasteiger partial charge in [-0.05, 0) is 71.5 Å². The van der Waals surface area contributed by atoms with Crippen LogP contribution in [0.3, 0.4) is 0 Å². The standard InChI is InChI=1S/C39H41F2N7O7/c1-19(2)32(46-38(50)53-3)36(49)48-16-20(17-55-37(40)41)11-30(48)35-43-27-9-7-21-13-26-24-8-6-22(12-23(24)18-54-31(26)14-25(21)33(27)45-35)28-15-42-34(44-28)29-5-4-10-47(29)39(51)52/h6-9,12-15,19-20,29-30,32,37H,4-5,10-11,16-18H2,1-3H3,(H,42,44)(H,43,45)(H,46,50)(H,51,52)/t20-,29?,30-,32?/m0/s1. The van der Waals surface area contributed by atoms with Crippen LogP contribution in [0.15, 0.2) is 48.7 Å². The zero-order chi connectivity index (χ0) is 38.5. The molecule has 4 atom stereocenters. The molecule has 0 radical (unpaired) electrons. The van der Waals surface area contributed by atoms with E-state index >= 15 is 0 Å². The number of carbonyl (C=O) groups excluding carboxylic acids is 2. The van der Waals surface area contributed by atoms with E-state index < -0.39 is 30.9 Å². The van der Waals surface area contributed by atoms with E-state index in [0.29, 0.717) is 42.5 Å². The van der Waals surface area contributed by atoms with Gasteiger partial charge in [0.15, 0.2) is 0 Å². The Bertz CT molecular complexity index is 2290. The van der Waals surface area contributed by atoms with E-state index in [-0.39, 0.29) is 36.9 Å². The molecule has 14 nitrogen and oxygen atoms in total. The molecule has 2 saturated heterocycles. The molecule has 4 N–H and O–H groups in total. The average molecular weight is 758 g/mol. The van der Waals surface area contributed by atoms with E-state index in [1.54, 1.807) is 24.9 Å². The largest absolute Gasteiger partial charge is 0.488 e. The van der Waals surface area contributed by atoms with Gasteiger partial charge in [-0.25, -0.2) is 19.6 Å². The number of aromatic amines is 2. The lowest BCUT2D eigenvalue weighted by molar-refractivity contribution is -0.139. The minimum absolute atomic E-state index is 0.147. The van der Waals surface area contributed by atoms with E-state index in [4.69, 9.17) is 14.5 Å². The number of nitrogens with one attached hydrogen (secondary N) is 3. The lowest BCUT2D eigenvalue weighted by Gasteiger charge is -2.30. The second-order valence-corrected chi connectivity index (χ2v) is 14.7. The molecule has 288 valence electrons. The summed E-state index contributed by atoms with van der Waals surface area (Å²) in [4.78, 5) is 57.1. The summed E-state index contributed by atoms with van der Waals surface area (Å²) in [6.45, 7) is 1.40. The van der Waals surface area contributed by atoms with Crippen LogP contribution in [0.4, 0.5) is 18.4 Å². The Morgan fingerprint density at radius 1 is 1.05 bits per heavy atom. The van der Waals surface area contributed by atoms with Crippen LogP contribution in [-0.2, 0) is 20.9 Å². The molecule has 3 aliphatic heterocycles. The number of imidazole rings is 2. The second-order valence-electron chi connectivity index (χ2n) is 14.7. The zero-order valence-electron chi connectivity index (χ0n) is 30.5. The minimum Gasteiger partial charge on any atom is -0.488 e.